The average Bonchev–Trinajstić information content (AvgIpc) is 2.47. The van der Waals surface area contributed by atoms with E-state index in [9.17, 15) is 8.78 Å². The lowest BCUT2D eigenvalue weighted by molar-refractivity contribution is 0.280. The minimum atomic E-state index is -0.977. The summed E-state index contributed by atoms with van der Waals surface area (Å²) in [6.45, 7) is 4.86. The highest BCUT2D eigenvalue weighted by Crippen LogP contribution is 2.20. The molecule has 0 saturated carbocycles. The van der Waals surface area contributed by atoms with Gasteiger partial charge in [0.15, 0.2) is 11.6 Å². The largest absolute Gasteiger partial charge is 0.484 e. The summed E-state index contributed by atoms with van der Waals surface area (Å²) in [6, 6.07) is 9.78. The van der Waals surface area contributed by atoms with Crippen LogP contribution in [0.4, 0.5) is 8.78 Å². The van der Waals surface area contributed by atoms with Crippen LogP contribution in [0.15, 0.2) is 36.4 Å². The second-order valence-corrected chi connectivity index (χ2v) is 5.00. The predicted molar refractivity (Wildman–Crippen MR) is 76.9 cm³/mol. The van der Waals surface area contributed by atoms with E-state index in [4.69, 9.17) is 4.74 Å². The summed E-state index contributed by atoms with van der Waals surface area (Å²) in [5, 5.41) is 3.27. The first kappa shape index (κ1) is 15.4. The summed E-state index contributed by atoms with van der Waals surface area (Å²) in [5.74, 6) is -2.01. The molecule has 2 aromatic rings. The van der Waals surface area contributed by atoms with Gasteiger partial charge < -0.3 is 10.1 Å². The van der Waals surface area contributed by atoms with Crippen LogP contribution in [0.25, 0.3) is 0 Å². The van der Waals surface area contributed by atoms with Crippen LogP contribution >= 0.6 is 0 Å². The van der Waals surface area contributed by atoms with E-state index in [1.165, 1.54) is 12.1 Å². The second kappa shape index (κ2) is 7.13. The minimum Gasteiger partial charge on any atom is -0.484 e. The molecular weight excluding hydrogens is 274 g/mol. The lowest BCUT2D eigenvalue weighted by Gasteiger charge is -2.10. The number of rotatable bonds is 6. The van der Waals surface area contributed by atoms with Crippen molar-refractivity contribution in [1.82, 2.24) is 10.3 Å². The Hall–Kier alpha value is -2.01. The number of pyridine rings is 1. The van der Waals surface area contributed by atoms with Crippen LogP contribution in [0.2, 0.25) is 0 Å². The summed E-state index contributed by atoms with van der Waals surface area (Å²) in [4.78, 5) is 4.41. The normalized spacial score (nSPS) is 10.9. The molecule has 0 aliphatic rings. The van der Waals surface area contributed by atoms with Gasteiger partial charge in [0, 0.05) is 12.6 Å². The van der Waals surface area contributed by atoms with Crippen LogP contribution < -0.4 is 10.1 Å². The second-order valence-electron chi connectivity index (χ2n) is 5.00. The third-order valence-electron chi connectivity index (χ3n) is 2.85. The SMILES string of the molecule is CC(C)NCc1cccc(COc2cccc(F)c2F)n1. The van der Waals surface area contributed by atoms with Gasteiger partial charge in [0.25, 0.3) is 0 Å². The molecule has 0 amide bonds. The van der Waals surface area contributed by atoms with Gasteiger partial charge in [0.1, 0.15) is 6.61 Å². The Bertz CT molecular complexity index is 603. The highest BCUT2D eigenvalue weighted by Gasteiger charge is 2.09. The molecule has 1 N–H and O–H groups in total. The van der Waals surface area contributed by atoms with Crippen LogP contribution in [0, 0.1) is 11.6 Å². The van der Waals surface area contributed by atoms with E-state index in [1.807, 2.05) is 12.1 Å². The number of hydrogen-bond donors (Lipinski definition) is 1. The fraction of sp³-hybridized carbons (Fsp3) is 0.312. The molecule has 0 fully saturated rings. The molecular formula is C16H18F2N2O. The zero-order chi connectivity index (χ0) is 15.2. The molecule has 1 heterocycles. The summed E-state index contributed by atoms with van der Waals surface area (Å²) >= 11 is 0. The van der Waals surface area contributed by atoms with E-state index >= 15 is 0 Å². The Morgan fingerprint density at radius 1 is 1.10 bits per heavy atom. The first-order valence-electron chi connectivity index (χ1n) is 6.81. The molecule has 0 radical (unpaired) electrons. The average molecular weight is 292 g/mol. The van der Waals surface area contributed by atoms with E-state index in [2.05, 4.69) is 24.1 Å². The monoisotopic (exact) mass is 292 g/mol. The van der Waals surface area contributed by atoms with Gasteiger partial charge in [0.05, 0.1) is 11.4 Å². The standard InChI is InChI=1S/C16H18F2N2O/c1-11(2)19-9-12-5-3-6-13(20-12)10-21-15-8-4-7-14(17)16(15)18/h3-8,11,19H,9-10H2,1-2H3. The van der Waals surface area contributed by atoms with Crippen molar-refractivity contribution in [3.8, 4) is 5.75 Å². The number of hydrogen-bond acceptors (Lipinski definition) is 3. The van der Waals surface area contributed by atoms with Crippen molar-refractivity contribution >= 4 is 0 Å². The van der Waals surface area contributed by atoms with Crippen LogP contribution in [0.1, 0.15) is 25.2 Å². The van der Waals surface area contributed by atoms with Crippen molar-refractivity contribution < 1.29 is 13.5 Å². The fourth-order valence-electron chi connectivity index (χ4n) is 1.76. The maximum atomic E-state index is 13.5. The molecule has 1 aromatic heterocycles. The molecule has 0 atom stereocenters. The Kier molecular flexibility index (Phi) is 5.22. The van der Waals surface area contributed by atoms with E-state index in [1.54, 1.807) is 6.07 Å². The van der Waals surface area contributed by atoms with Crippen LogP contribution in [0.5, 0.6) is 5.75 Å². The minimum absolute atomic E-state index is 0.0931. The van der Waals surface area contributed by atoms with Gasteiger partial charge in [-0.1, -0.05) is 26.0 Å². The van der Waals surface area contributed by atoms with Gasteiger partial charge in [-0.15, -0.1) is 0 Å². The number of aromatic nitrogens is 1. The van der Waals surface area contributed by atoms with Crippen LogP contribution in [-0.4, -0.2) is 11.0 Å². The quantitative estimate of drug-likeness (QED) is 0.885. The molecule has 1 aromatic carbocycles. The summed E-state index contributed by atoms with van der Waals surface area (Å²) in [5.41, 5.74) is 1.55. The molecule has 0 saturated heterocycles. The summed E-state index contributed by atoms with van der Waals surface area (Å²) in [7, 11) is 0. The van der Waals surface area contributed by atoms with Crippen molar-refractivity contribution in [2.24, 2.45) is 0 Å². The predicted octanol–water partition coefficient (Wildman–Crippen LogP) is 3.44. The first-order chi connectivity index (χ1) is 10.1. The van der Waals surface area contributed by atoms with Gasteiger partial charge >= 0.3 is 0 Å². The Balaban J connectivity index is 2.00. The lowest BCUT2D eigenvalue weighted by Crippen LogP contribution is -2.22. The summed E-state index contributed by atoms with van der Waals surface area (Å²) in [6.07, 6.45) is 0. The van der Waals surface area contributed by atoms with Crippen molar-refractivity contribution in [2.45, 2.75) is 33.0 Å². The van der Waals surface area contributed by atoms with Crippen molar-refractivity contribution in [3.63, 3.8) is 0 Å². The van der Waals surface area contributed by atoms with Gasteiger partial charge in [-0.25, -0.2) is 4.39 Å². The zero-order valence-electron chi connectivity index (χ0n) is 12.1. The van der Waals surface area contributed by atoms with E-state index < -0.39 is 11.6 Å². The third-order valence-corrected chi connectivity index (χ3v) is 2.85. The van der Waals surface area contributed by atoms with E-state index in [0.717, 1.165) is 11.8 Å². The Morgan fingerprint density at radius 3 is 2.57 bits per heavy atom. The van der Waals surface area contributed by atoms with Gasteiger partial charge in [-0.2, -0.15) is 4.39 Å². The molecule has 3 nitrogen and oxygen atoms in total. The third kappa shape index (κ3) is 4.49. The van der Waals surface area contributed by atoms with Crippen molar-refractivity contribution in [3.05, 3.63) is 59.4 Å². The Labute approximate surface area is 123 Å². The van der Waals surface area contributed by atoms with Crippen LogP contribution in [-0.2, 0) is 13.2 Å². The molecule has 2 rings (SSSR count). The number of nitrogens with one attached hydrogen (secondary N) is 1. The molecule has 0 aliphatic heterocycles. The topological polar surface area (TPSA) is 34.1 Å². The molecule has 0 spiro atoms. The van der Waals surface area contributed by atoms with Gasteiger partial charge in [-0.3, -0.25) is 4.98 Å². The highest BCUT2D eigenvalue weighted by atomic mass is 19.2. The molecule has 21 heavy (non-hydrogen) atoms. The number of ether oxygens (including phenoxy) is 1. The molecule has 112 valence electrons. The smallest absolute Gasteiger partial charge is 0.200 e. The summed E-state index contributed by atoms with van der Waals surface area (Å²) < 4.78 is 31.8. The Morgan fingerprint density at radius 2 is 1.81 bits per heavy atom. The van der Waals surface area contributed by atoms with Gasteiger partial charge in [0.2, 0.25) is 5.82 Å². The first-order valence-corrected chi connectivity index (χ1v) is 6.81. The maximum Gasteiger partial charge on any atom is 0.200 e. The van der Waals surface area contributed by atoms with Gasteiger partial charge in [-0.05, 0) is 24.3 Å². The van der Waals surface area contributed by atoms with E-state index in [-0.39, 0.29) is 12.4 Å². The highest BCUT2D eigenvalue weighted by molar-refractivity contribution is 5.25. The number of halogens is 2. The molecule has 0 aliphatic carbocycles. The number of nitrogens with zero attached hydrogens (tertiary/aromatic N) is 1. The molecule has 0 bridgehead atoms. The zero-order valence-corrected chi connectivity index (χ0v) is 12.1. The molecule has 5 heteroatoms. The maximum absolute atomic E-state index is 13.5. The van der Waals surface area contributed by atoms with Crippen LogP contribution in [0.3, 0.4) is 0 Å². The lowest BCUT2D eigenvalue weighted by atomic mass is 10.3. The van der Waals surface area contributed by atoms with Crippen molar-refractivity contribution in [2.75, 3.05) is 0 Å². The van der Waals surface area contributed by atoms with Crippen molar-refractivity contribution in [1.29, 1.82) is 0 Å². The fourth-order valence-corrected chi connectivity index (χ4v) is 1.76. The number of benzene rings is 1. The molecule has 0 unspecified atom stereocenters. The van der Waals surface area contributed by atoms with E-state index in [0.29, 0.717) is 18.3 Å².